The van der Waals surface area contributed by atoms with Gasteiger partial charge in [-0.25, -0.2) is 0 Å². The van der Waals surface area contributed by atoms with Gasteiger partial charge in [0.05, 0.1) is 10.8 Å². The topological polar surface area (TPSA) is 6.48 Å². The zero-order valence-corrected chi connectivity index (χ0v) is 52.4. The third-order valence-electron chi connectivity index (χ3n) is 20.5. The van der Waals surface area contributed by atoms with Gasteiger partial charge in [0.25, 0.3) is 0 Å². The van der Waals surface area contributed by atoms with E-state index in [0.29, 0.717) is 0 Å². The lowest BCUT2D eigenvalue weighted by molar-refractivity contribution is 0.768. The van der Waals surface area contributed by atoms with Crippen molar-refractivity contribution in [3.8, 4) is 44.5 Å². The molecule has 0 aromatic heterocycles. The third-order valence-corrected chi connectivity index (χ3v) is 20.5. The predicted octanol–water partition coefficient (Wildman–Crippen LogP) is 24.2. The Morgan fingerprint density at radius 1 is 0.213 bits per heavy atom. The predicted molar refractivity (Wildman–Crippen MR) is 394 cm³/mol. The van der Waals surface area contributed by atoms with Gasteiger partial charge in [-0.1, -0.05) is 279 Å². The lowest BCUT2D eigenvalue weighted by Crippen LogP contribution is -2.28. The van der Waals surface area contributed by atoms with Crippen LogP contribution in [0.2, 0.25) is 0 Å². The molecule has 0 fully saturated rings. The van der Waals surface area contributed by atoms with Crippen LogP contribution in [0.15, 0.2) is 352 Å². The summed E-state index contributed by atoms with van der Waals surface area (Å²) in [5.74, 6) is 0. The van der Waals surface area contributed by atoms with Crippen molar-refractivity contribution in [2.75, 3.05) is 9.80 Å². The summed E-state index contributed by atoms with van der Waals surface area (Å²) in [6.45, 7) is 4.37. The van der Waals surface area contributed by atoms with Crippen LogP contribution in [0.25, 0.3) is 76.8 Å². The Hall–Kier alpha value is -11.8. The Kier molecular flexibility index (Phi) is 12.8. The minimum absolute atomic E-state index is 0.517. The van der Waals surface area contributed by atoms with E-state index in [-0.39, 0.29) is 0 Å². The molecule has 0 saturated carbocycles. The largest absolute Gasteiger partial charge is 0.310 e. The Labute approximate surface area is 549 Å². The van der Waals surface area contributed by atoms with Crippen molar-refractivity contribution >= 4 is 66.4 Å². The van der Waals surface area contributed by atoms with E-state index in [9.17, 15) is 0 Å². The van der Waals surface area contributed by atoms with Crippen molar-refractivity contribution in [2.24, 2.45) is 0 Å². The fourth-order valence-electron chi connectivity index (χ4n) is 16.5. The lowest BCUT2D eigenvalue weighted by Gasteiger charge is -2.35. The first-order valence-electron chi connectivity index (χ1n) is 32.8. The molecule has 18 rings (SSSR count). The van der Waals surface area contributed by atoms with Gasteiger partial charge in [0.2, 0.25) is 0 Å². The summed E-state index contributed by atoms with van der Waals surface area (Å²) in [4.78, 5) is 4.86. The third kappa shape index (κ3) is 8.43. The first-order valence-corrected chi connectivity index (χ1v) is 32.8. The average Bonchev–Trinajstić information content (AvgIpc) is 1.53. The van der Waals surface area contributed by atoms with Crippen LogP contribution in [0.1, 0.15) is 55.6 Å². The number of aryl methyl sites for hydroxylation is 2. The van der Waals surface area contributed by atoms with Gasteiger partial charge in [0.1, 0.15) is 0 Å². The van der Waals surface area contributed by atoms with Crippen molar-refractivity contribution in [3.05, 3.63) is 407 Å². The van der Waals surface area contributed by atoms with Crippen LogP contribution in [-0.4, -0.2) is 0 Å². The van der Waals surface area contributed by atoms with E-state index < -0.39 is 10.8 Å². The summed E-state index contributed by atoms with van der Waals surface area (Å²) < 4.78 is 0. The van der Waals surface area contributed by atoms with Crippen LogP contribution in [0.3, 0.4) is 0 Å². The SMILES string of the molecule is Cc1cccc(N(c2ccc(-c3ccc4ccc5c(-c6ccc(N(c7cccc(C)c7)c7cccc(C8(c9ccccc9)c9ccccc9-c9ccccc98)c7)cc6)ccc6ccc3c4c65)cc2)c2cccc(C3(c4ccccc4)c4ccccc4-c4ccccc43)c2)c1. The Morgan fingerprint density at radius 2 is 0.521 bits per heavy atom. The number of hydrogen-bond acceptors (Lipinski definition) is 2. The molecule has 0 saturated heterocycles. The molecular weight excluding hydrogens is 1130 g/mol. The number of benzene rings is 16. The number of nitrogens with zero attached hydrogens (tertiary/aromatic N) is 2. The first-order chi connectivity index (χ1) is 46.4. The van der Waals surface area contributed by atoms with Crippen molar-refractivity contribution in [2.45, 2.75) is 24.7 Å². The highest BCUT2D eigenvalue weighted by Gasteiger charge is 2.47. The summed E-state index contributed by atoms with van der Waals surface area (Å²) in [5.41, 5.74) is 28.1. The molecule has 94 heavy (non-hydrogen) atoms. The number of hydrogen-bond donors (Lipinski definition) is 0. The van der Waals surface area contributed by atoms with Gasteiger partial charge in [-0.2, -0.15) is 0 Å². The summed E-state index contributed by atoms with van der Waals surface area (Å²) >= 11 is 0. The van der Waals surface area contributed by atoms with Crippen molar-refractivity contribution in [3.63, 3.8) is 0 Å². The molecule has 0 radical (unpaired) electrons. The van der Waals surface area contributed by atoms with Crippen LogP contribution >= 0.6 is 0 Å². The van der Waals surface area contributed by atoms with E-state index in [1.165, 1.54) is 132 Å². The number of fused-ring (bicyclic) bond motifs is 6. The highest BCUT2D eigenvalue weighted by Crippen LogP contribution is 2.59. The Bertz CT molecular complexity index is 5150. The van der Waals surface area contributed by atoms with Gasteiger partial charge in [-0.3, -0.25) is 0 Å². The molecule has 2 nitrogen and oxygen atoms in total. The van der Waals surface area contributed by atoms with Gasteiger partial charge >= 0.3 is 0 Å². The second-order valence-electron chi connectivity index (χ2n) is 25.6. The normalized spacial score (nSPS) is 13.2. The molecule has 16 aromatic carbocycles. The zero-order chi connectivity index (χ0) is 62.5. The molecule has 2 aliphatic carbocycles. The van der Waals surface area contributed by atoms with Gasteiger partial charge < -0.3 is 9.80 Å². The van der Waals surface area contributed by atoms with E-state index in [1.54, 1.807) is 0 Å². The molecule has 0 aliphatic heterocycles. The Balaban J connectivity index is 0.715. The molecule has 0 atom stereocenters. The fourth-order valence-corrected chi connectivity index (χ4v) is 16.5. The van der Waals surface area contributed by atoms with Crippen molar-refractivity contribution in [1.29, 1.82) is 0 Å². The molecule has 442 valence electrons. The van der Waals surface area contributed by atoms with Crippen LogP contribution in [0.4, 0.5) is 34.1 Å². The maximum absolute atomic E-state index is 2.43. The monoisotopic (exact) mass is 1200 g/mol. The molecule has 2 heteroatoms. The van der Waals surface area contributed by atoms with Gasteiger partial charge in [0.15, 0.2) is 0 Å². The molecule has 0 N–H and O–H groups in total. The quantitative estimate of drug-likeness (QED) is 0.113. The van der Waals surface area contributed by atoms with Gasteiger partial charge in [-0.05, 0) is 219 Å². The van der Waals surface area contributed by atoms with E-state index in [1.807, 2.05) is 0 Å². The molecule has 16 aromatic rings. The summed E-state index contributed by atoms with van der Waals surface area (Å²) in [5, 5.41) is 7.56. The van der Waals surface area contributed by atoms with E-state index in [0.717, 1.165) is 34.1 Å². The lowest BCUT2D eigenvalue weighted by atomic mass is 9.67. The minimum Gasteiger partial charge on any atom is -0.310 e. The fraction of sp³-hybridized carbons (Fsp3) is 0.0435. The van der Waals surface area contributed by atoms with Crippen LogP contribution in [0, 0.1) is 13.8 Å². The van der Waals surface area contributed by atoms with E-state index in [2.05, 4.69) is 375 Å². The maximum Gasteiger partial charge on any atom is 0.0714 e. The van der Waals surface area contributed by atoms with Crippen molar-refractivity contribution in [1.82, 2.24) is 0 Å². The maximum atomic E-state index is 2.43. The highest BCUT2D eigenvalue weighted by molar-refractivity contribution is 6.27. The second kappa shape index (κ2) is 21.9. The average molecular weight is 1200 g/mol. The van der Waals surface area contributed by atoms with Crippen LogP contribution in [-0.2, 0) is 10.8 Å². The molecule has 0 heterocycles. The second-order valence-corrected chi connectivity index (χ2v) is 25.6. The van der Waals surface area contributed by atoms with Gasteiger partial charge in [-0.15, -0.1) is 0 Å². The minimum atomic E-state index is -0.517. The first kappa shape index (κ1) is 55.0. The summed E-state index contributed by atoms with van der Waals surface area (Å²) in [7, 11) is 0. The Morgan fingerprint density at radius 3 is 0.883 bits per heavy atom. The van der Waals surface area contributed by atoms with Gasteiger partial charge in [0, 0.05) is 34.1 Å². The smallest absolute Gasteiger partial charge is 0.0714 e. The van der Waals surface area contributed by atoms with E-state index in [4.69, 9.17) is 0 Å². The summed E-state index contributed by atoms with van der Waals surface area (Å²) in [6, 6.07) is 132. The highest BCUT2D eigenvalue weighted by atomic mass is 15.1. The van der Waals surface area contributed by atoms with E-state index >= 15 is 0 Å². The molecular formula is C92H64N2. The molecule has 0 bridgehead atoms. The molecule has 0 unspecified atom stereocenters. The zero-order valence-electron chi connectivity index (χ0n) is 52.4. The molecule has 2 aliphatic rings. The molecule has 0 spiro atoms. The standard InChI is InChI=1S/C92H64N2/c1-61-21-17-29-73(57-61)93(75-31-19-27-69(59-75)91(67-23-5-3-6-24-67)85-37-13-9-33-79(85)80-34-10-14-38-86(80)91)71-49-41-63(42-50-71)77-53-45-65-48-56-84-78(54-46-66-47-55-83(77)89(65)90(66)84)64-43-51-72(52-44-64)94(74-30-18-22-62(2)58-74)76-32-20-28-70(60-76)92(68-25-7-4-8-26-68)87-39-15-11-35-81(87)82-36-12-16-40-88(82)92/h3-60H,1-2H3. The van der Waals surface area contributed by atoms with Crippen LogP contribution in [0.5, 0.6) is 0 Å². The molecule has 0 amide bonds. The van der Waals surface area contributed by atoms with Crippen molar-refractivity contribution < 1.29 is 0 Å². The number of anilines is 6. The van der Waals surface area contributed by atoms with Crippen LogP contribution < -0.4 is 9.80 Å². The number of rotatable bonds is 12. The summed E-state index contributed by atoms with van der Waals surface area (Å²) in [6.07, 6.45) is 0.